The summed E-state index contributed by atoms with van der Waals surface area (Å²) in [5, 5.41) is 3.87. The number of methoxy groups -OCH3 is 1. The molecule has 2 rings (SSSR count). The van der Waals surface area contributed by atoms with Crippen LogP contribution in [0.5, 0.6) is 0 Å². The Kier molecular flexibility index (Phi) is 6.55. The Hall–Kier alpha value is -0.860. The van der Waals surface area contributed by atoms with Gasteiger partial charge in [0.2, 0.25) is 0 Å². The van der Waals surface area contributed by atoms with Crippen molar-refractivity contribution in [1.29, 1.82) is 0 Å². The molecule has 1 aromatic rings. The lowest BCUT2D eigenvalue weighted by Gasteiger charge is -2.33. The maximum absolute atomic E-state index is 5.43. The first kappa shape index (κ1) is 15.5. The number of ether oxygens (including phenoxy) is 1. The van der Waals surface area contributed by atoms with Gasteiger partial charge in [0.15, 0.2) is 0 Å². The molecule has 1 fully saturated rings. The lowest BCUT2D eigenvalue weighted by atomic mass is 9.82. The second kappa shape index (κ2) is 8.43. The van der Waals surface area contributed by atoms with Crippen molar-refractivity contribution in [3.05, 3.63) is 35.9 Å². The summed E-state index contributed by atoms with van der Waals surface area (Å²) in [5.74, 6) is 0.844. The van der Waals surface area contributed by atoms with E-state index in [1.807, 2.05) is 0 Å². The van der Waals surface area contributed by atoms with Crippen LogP contribution in [0.1, 0.15) is 57.1 Å². The summed E-state index contributed by atoms with van der Waals surface area (Å²) in [6, 6.07) is 11.6. The molecule has 1 aromatic carbocycles. The van der Waals surface area contributed by atoms with Gasteiger partial charge in [-0.05, 0) is 30.7 Å². The number of rotatable bonds is 7. The number of hydrogen-bond acceptors (Lipinski definition) is 2. The smallest absolute Gasteiger partial charge is 0.0657 e. The van der Waals surface area contributed by atoms with Gasteiger partial charge in [-0.25, -0.2) is 0 Å². The Morgan fingerprint density at radius 2 is 1.85 bits per heavy atom. The molecular weight excluding hydrogens is 246 g/mol. The first-order valence-electron chi connectivity index (χ1n) is 8.15. The second-order valence-electron chi connectivity index (χ2n) is 6.00. The summed E-state index contributed by atoms with van der Waals surface area (Å²) in [7, 11) is 1.79. The van der Waals surface area contributed by atoms with Crippen LogP contribution >= 0.6 is 0 Å². The lowest BCUT2D eigenvalue weighted by Crippen LogP contribution is -2.40. The highest BCUT2D eigenvalue weighted by atomic mass is 16.5. The van der Waals surface area contributed by atoms with Crippen molar-refractivity contribution in [3.8, 4) is 0 Å². The Labute approximate surface area is 123 Å². The van der Waals surface area contributed by atoms with Crippen molar-refractivity contribution in [3.63, 3.8) is 0 Å². The van der Waals surface area contributed by atoms with Crippen LogP contribution in [0.15, 0.2) is 30.3 Å². The van der Waals surface area contributed by atoms with Crippen LogP contribution in [-0.2, 0) is 4.74 Å². The Bertz CT molecular complexity index is 359. The molecule has 0 heterocycles. The summed E-state index contributed by atoms with van der Waals surface area (Å²) < 4.78 is 5.43. The fourth-order valence-corrected chi connectivity index (χ4v) is 3.47. The zero-order chi connectivity index (χ0) is 14.2. The number of nitrogens with one attached hydrogen (secondary N) is 1. The van der Waals surface area contributed by atoms with Crippen LogP contribution in [0.25, 0.3) is 0 Å². The molecule has 1 aliphatic carbocycles. The minimum absolute atomic E-state index is 0.313. The maximum atomic E-state index is 5.43. The lowest BCUT2D eigenvalue weighted by molar-refractivity contribution is 0.146. The van der Waals surface area contributed by atoms with Gasteiger partial charge in [-0.2, -0.15) is 0 Å². The SMILES string of the molecule is CCC(NC(COC)c1ccccc1)C1CCCCC1. The van der Waals surface area contributed by atoms with Gasteiger partial charge in [-0.3, -0.25) is 0 Å². The molecule has 2 atom stereocenters. The van der Waals surface area contributed by atoms with E-state index in [2.05, 4.69) is 42.6 Å². The summed E-state index contributed by atoms with van der Waals surface area (Å²) in [6.45, 7) is 3.05. The van der Waals surface area contributed by atoms with E-state index in [4.69, 9.17) is 4.74 Å². The summed E-state index contributed by atoms with van der Waals surface area (Å²) >= 11 is 0. The third-order valence-electron chi connectivity index (χ3n) is 4.61. The first-order valence-corrected chi connectivity index (χ1v) is 8.15. The largest absolute Gasteiger partial charge is 0.383 e. The normalized spacial score (nSPS) is 19.7. The molecule has 2 nitrogen and oxygen atoms in total. The van der Waals surface area contributed by atoms with Gasteiger partial charge in [0.1, 0.15) is 0 Å². The average molecular weight is 275 g/mol. The third kappa shape index (κ3) is 4.32. The van der Waals surface area contributed by atoms with Crippen LogP contribution in [-0.4, -0.2) is 19.8 Å². The Balaban J connectivity index is 2.01. The second-order valence-corrected chi connectivity index (χ2v) is 6.00. The third-order valence-corrected chi connectivity index (χ3v) is 4.61. The molecule has 1 N–H and O–H groups in total. The van der Waals surface area contributed by atoms with Crippen LogP contribution < -0.4 is 5.32 Å². The standard InChI is InChI=1S/C18H29NO/c1-3-17(15-10-6-4-7-11-15)19-18(14-20-2)16-12-8-5-9-13-16/h5,8-9,12-13,15,17-19H,3-4,6-7,10-11,14H2,1-2H3. The Morgan fingerprint density at radius 1 is 1.15 bits per heavy atom. The van der Waals surface area contributed by atoms with Gasteiger partial charge < -0.3 is 10.1 Å². The van der Waals surface area contributed by atoms with E-state index in [0.29, 0.717) is 12.1 Å². The highest BCUT2D eigenvalue weighted by Gasteiger charge is 2.25. The Morgan fingerprint density at radius 3 is 2.45 bits per heavy atom. The monoisotopic (exact) mass is 275 g/mol. The molecule has 0 aliphatic heterocycles. The zero-order valence-electron chi connectivity index (χ0n) is 13.0. The number of benzene rings is 1. The van der Waals surface area contributed by atoms with Crippen molar-refractivity contribution >= 4 is 0 Å². The number of hydrogen-bond donors (Lipinski definition) is 1. The predicted molar refractivity (Wildman–Crippen MR) is 84.8 cm³/mol. The fourth-order valence-electron chi connectivity index (χ4n) is 3.47. The molecule has 2 heteroatoms. The molecule has 0 spiro atoms. The van der Waals surface area contributed by atoms with Crippen molar-refractivity contribution in [1.82, 2.24) is 5.32 Å². The highest BCUT2D eigenvalue weighted by molar-refractivity contribution is 5.19. The van der Waals surface area contributed by atoms with E-state index in [-0.39, 0.29) is 0 Å². The van der Waals surface area contributed by atoms with Gasteiger partial charge in [0, 0.05) is 13.2 Å². The molecule has 20 heavy (non-hydrogen) atoms. The van der Waals surface area contributed by atoms with Crippen LogP contribution in [0.4, 0.5) is 0 Å². The van der Waals surface area contributed by atoms with Crippen LogP contribution in [0.3, 0.4) is 0 Å². The van der Waals surface area contributed by atoms with Gasteiger partial charge in [-0.15, -0.1) is 0 Å². The quantitative estimate of drug-likeness (QED) is 0.800. The van der Waals surface area contributed by atoms with Gasteiger partial charge in [0.25, 0.3) is 0 Å². The van der Waals surface area contributed by atoms with E-state index >= 15 is 0 Å². The van der Waals surface area contributed by atoms with Crippen molar-refractivity contribution < 1.29 is 4.74 Å². The fraction of sp³-hybridized carbons (Fsp3) is 0.667. The maximum Gasteiger partial charge on any atom is 0.0657 e. The van der Waals surface area contributed by atoms with Crippen molar-refractivity contribution in [2.24, 2.45) is 5.92 Å². The van der Waals surface area contributed by atoms with Crippen molar-refractivity contribution in [2.45, 2.75) is 57.5 Å². The molecule has 0 radical (unpaired) electrons. The molecule has 0 aromatic heterocycles. The molecule has 0 amide bonds. The summed E-state index contributed by atoms with van der Waals surface area (Å²) in [6.07, 6.45) is 8.22. The van der Waals surface area contributed by atoms with E-state index in [1.54, 1.807) is 7.11 Å². The van der Waals surface area contributed by atoms with Crippen LogP contribution in [0.2, 0.25) is 0 Å². The molecule has 0 bridgehead atoms. The zero-order valence-corrected chi connectivity index (χ0v) is 13.0. The minimum atomic E-state index is 0.313. The van der Waals surface area contributed by atoms with Gasteiger partial charge in [-0.1, -0.05) is 56.5 Å². The molecule has 1 saturated carbocycles. The van der Waals surface area contributed by atoms with Gasteiger partial charge in [0.05, 0.1) is 12.6 Å². The minimum Gasteiger partial charge on any atom is -0.383 e. The van der Waals surface area contributed by atoms with E-state index < -0.39 is 0 Å². The van der Waals surface area contributed by atoms with Crippen LogP contribution in [0, 0.1) is 5.92 Å². The molecule has 0 saturated heterocycles. The summed E-state index contributed by atoms with van der Waals surface area (Å²) in [4.78, 5) is 0. The molecular formula is C18H29NO. The average Bonchev–Trinajstić information content (AvgIpc) is 2.53. The molecule has 112 valence electrons. The topological polar surface area (TPSA) is 21.3 Å². The molecule has 1 aliphatic rings. The van der Waals surface area contributed by atoms with E-state index in [0.717, 1.165) is 12.5 Å². The van der Waals surface area contributed by atoms with E-state index in [1.165, 1.54) is 44.1 Å². The predicted octanol–water partition coefficient (Wildman–Crippen LogP) is 4.32. The summed E-state index contributed by atoms with van der Waals surface area (Å²) in [5.41, 5.74) is 1.34. The van der Waals surface area contributed by atoms with E-state index in [9.17, 15) is 0 Å². The van der Waals surface area contributed by atoms with Gasteiger partial charge >= 0.3 is 0 Å². The first-order chi connectivity index (χ1) is 9.85. The van der Waals surface area contributed by atoms with Crippen molar-refractivity contribution in [2.75, 3.05) is 13.7 Å². The highest BCUT2D eigenvalue weighted by Crippen LogP contribution is 2.29. The molecule has 2 unspecified atom stereocenters.